The van der Waals surface area contributed by atoms with Gasteiger partial charge in [0.2, 0.25) is 0 Å². The van der Waals surface area contributed by atoms with E-state index in [0.717, 1.165) is 6.54 Å². The van der Waals surface area contributed by atoms with Gasteiger partial charge in [0.15, 0.2) is 0 Å². The highest BCUT2D eigenvalue weighted by atomic mass is 35.5. The number of benzene rings is 1. The molecule has 5 nitrogen and oxygen atoms in total. The first-order valence-electron chi connectivity index (χ1n) is 8.76. The molecule has 0 spiro atoms. The summed E-state index contributed by atoms with van der Waals surface area (Å²) in [6.07, 6.45) is 1.45. The van der Waals surface area contributed by atoms with Gasteiger partial charge in [-0.1, -0.05) is 43.1 Å². The summed E-state index contributed by atoms with van der Waals surface area (Å²) in [6, 6.07) is 7.79. The maximum absolute atomic E-state index is 15.1. The van der Waals surface area contributed by atoms with Crippen LogP contribution in [0.4, 0.5) is 4.39 Å². The summed E-state index contributed by atoms with van der Waals surface area (Å²) in [4.78, 5) is 23.2. The molecule has 0 radical (unpaired) electrons. The van der Waals surface area contributed by atoms with Gasteiger partial charge in [-0.3, -0.25) is 9.78 Å². The summed E-state index contributed by atoms with van der Waals surface area (Å²) in [7, 11) is 0. The van der Waals surface area contributed by atoms with Crippen LogP contribution in [-0.2, 0) is 6.54 Å². The van der Waals surface area contributed by atoms with Gasteiger partial charge in [0, 0.05) is 24.4 Å². The minimum absolute atomic E-state index is 0.0486. The van der Waals surface area contributed by atoms with Gasteiger partial charge in [-0.25, -0.2) is 9.37 Å². The second-order valence-electron chi connectivity index (χ2n) is 6.76. The molecule has 0 saturated heterocycles. The third-order valence-corrected chi connectivity index (χ3v) is 4.55. The van der Waals surface area contributed by atoms with Crippen molar-refractivity contribution in [2.24, 2.45) is 5.92 Å². The van der Waals surface area contributed by atoms with Crippen molar-refractivity contribution in [2.75, 3.05) is 6.54 Å². The Hall–Kier alpha value is -2.28. The molecule has 28 heavy (non-hydrogen) atoms. The van der Waals surface area contributed by atoms with Gasteiger partial charge in [-0.15, -0.1) is 0 Å². The molecule has 2 heterocycles. The Morgan fingerprint density at radius 2 is 1.96 bits per heavy atom. The van der Waals surface area contributed by atoms with E-state index in [-0.39, 0.29) is 16.4 Å². The lowest BCUT2D eigenvalue weighted by atomic mass is 10.1. The SMILES string of the molecule is CC(C)CNCc1ccc(Cl)c(-c2nc(-c3ccc(Cl)cn3)cc(=O)[nH]2)c1F. The fourth-order valence-electron chi connectivity index (χ4n) is 2.68. The van der Waals surface area contributed by atoms with Crippen LogP contribution in [0.2, 0.25) is 10.0 Å². The summed E-state index contributed by atoms with van der Waals surface area (Å²) < 4.78 is 15.1. The van der Waals surface area contributed by atoms with Gasteiger partial charge in [0.05, 0.1) is 27.0 Å². The minimum atomic E-state index is -0.520. The minimum Gasteiger partial charge on any atom is -0.312 e. The maximum Gasteiger partial charge on any atom is 0.251 e. The summed E-state index contributed by atoms with van der Waals surface area (Å²) in [5.74, 6) is -0.0306. The molecule has 0 unspecified atom stereocenters. The molecule has 0 aliphatic heterocycles. The molecular formula is C20H19Cl2FN4O. The Labute approximate surface area is 172 Å². The Kier molecular flexibility index (Phi) is 6.44. The first-order valence-corrected chi connectivity index (χ1v) is 9.52. The number of nitrogens with zero attached hydrogens (tertiary/aromatic N) is 2. The first-order chi connectivity index (χ1) is 13.3. The number of nitrogens with one attached hydrogen (secondary N) is 2. The van der Waals surface area contributed by atoms with Crippen molar-refractivity contribution in [3.63, 3.8) is 0 Å². The lowest BCUT2D eigenvalue weighted by molar-refractivity contribution is 0.535. The molecule has 0 aliphatic carbocycles. The monoisotopic (exact) mass is 420 g/mol. The van der Waals surface area contributed by atoms with Crippen molar-refractivity contribution >= 4 is 23.2 Å². The van der Waals surface area contributed by atoms with Crippen LogP contribution in [0.5, 0.6) is 0 Å². The van der Waals surface area contributed by atoms with Crippen LogP contribution in [0.3, 0.4) is 0 Å². The highest BCUT2D eigenvalue weighted by Gasteiger charge is 2.18. The zero-order chi connectivity index (χ0) is 20.3. The van der Waals surface area contributed by atoms with E-state index in [9.17, 15) is 4.79 Å². The molecule has 0 atom stereocenters. The summed E-state index contributed by atoms with van der Waals surface area (Å²) in [6.45, 7) is 5.24. The Balaban J connectivity index is 2.03. The third-order valence-electron chi connectivity index (χ3n) is 4.01. The van der Waals surface area contributed by atoms with Gasteiger partial charge in [-0.2, -0.15) is 0 Å². The van der Waals surface area contributed by atoms with Crippen LogP contribution in [0.1, 0.15) is 19.4 Å². The number of aromatic nitrogens is 3. The second kappa shape index (κ2) is 8.82. The zero-order valence-corrected chi connectivity index (χ0v) is 16.9. The fourth-order valence-corrected chi connectivity index (χ4v) is 3.03. The van der Waals surface area contributed by atoms with Gasteiger partial charge >= 0.3 is 0 Å². The predicted molar refractivity (Wildman–Crippen MR) is 110 cm³/mol. The molecule has 0 amide bonds. The fraction of sp³-hybridized carbons (Fsp3) is 0.250. The molecule has 0 saturated carbocycles. The summed E-state index contributed by atoms with van der Waals surface area (Å²) >= 11 is 12.1. The molecular weight excluding hydrogens is 402 g/mol. The Morgan fingerprint density at radius 1 is 1.18 bits per heavy atom. The number of aromatic amines is 1. The molecule has 0 aliphatic rings. The van der Waals surface area contributed by atoms with Crippen LogP contribution < -0.4 is 10.9 Å². The topological polar surface area (TPSA) is 70.7 Å². The number of hydrogen-bond acceptors (Lipinski definition) is 4. The Bertz CT molecular complexity index is 1040. The van der Waals surface area contributed by atoms with Crippen molar-refractivity contribution in [1.29, 1.82) is 0 Å². The van der Waals surface area contributed by atoms with Crippen LogP contribution in [0.15, 0.2) is 41.3 Å². The number of hydrogen-bond donors (Lipinski definition) is 2. The largest absolute Gasteiger partial charge is 0.312 e. The highest BCUT2D eigenvalue weighted by molar-refractivity contribution is 6.33. The molecule has 3 aromatic rings. The van der Waals surface area contributed by atoms with Crippen molar-refractivity contribution in [1.82, 2.24) is 20.3 Å². The van der Waals surface area contributed by atoms with E-state index in [0.29, 0.717) is 34.4 Å². The second-order valence-corrected chi connectivity index (χ2v) is 7.60. The predicted octanol–water partition coefficient (Wildman–Crippen LogP) is 4.69. The van der Waals surface area contributed by atoms with E-state index in [1.165, 1.54) is 12.3 Å². The number of rotatable bonds is 6. The van der Waals surface area contributed by atoms with E-state index in [2.05, 4.69) is 34.1 Å². The zero-order valence-electron chi connectivity index (χ0n) is 15.4. The van der Waals surface area contributed by atoms with Gasteiger partial charge < -0.3 is 10.3 Å². The molecule has 3 rings (SSSR count). The van der Waals surface area contributed by atoms with Crippen LogP contribution >= 0.6 is 23.2 Å². The van der Waals surface area contributed by atoms with Crippen molar-refractivity contribution in [3.8, 4) is 22.8 Å². The third kappa shape index (κ3) is 4.76. The summed E-state index contributed by atoms with van der Waals surface area (Å²) in [5.41, 5.74) is 0.809. The molecule has 146 valence electrons. The normalized spacial score (nSPS) is 11.2. The van der Waals surface area contributed by atoms with E-state index in [1.807, 2.05) is 0 Å². The van der Waals surface area contributed by atoms with Gasteiger partial charge in [0.1, 0.15) is 11.6 Å². The molecule has 1 aromatic carbocycles. The standard InChI is InChI=1S/C20H19Cl2FN4O/c1-11(2)8-24-9-12-3-5-14(22)18(19(12)23)20-26-16(7-17(28)27-20)15-6-4-13(21)10-25-15/h3-7,10-11,24H,8-9H2,1-2H3,(H,26,27,28). The smallest absolute Gasteiger partial charge is 0.251 e. The average Bonchev–Trinajstić information content (AvgIpc) is 2.63. The van der Waals surface area contributed by atoms with Gasteiger partial charge in [0.25, 0.3) is 5.56 Å². The van der Waals surface area contributed by atoms with Gasteiger partial charge in [-0.05, 0) is 30.7 Å². The van der Waals surface area contributed by atoms with Crippen LogP contribution in [-0.4, -0.2) is 21.5 Å². The molecule has 0 fully saturated rings. The first kappa shape index (κ1) is 20.5. The number of halogens is 3. The van der Waals surface area contributed by atoms with E-state index in [4.69, 9.17) is 23.2 Å². The lowest BCUT2D eigenvalue weighted by Gasteiger charge is -2.12. The van der Waals surface area contributed by atoms with E-state index >= 15 is 4.39 Å². The lowest BCUT2D eigenvalue weighted by Crippen LogP contribution is -2.20. The number of H-pyrrole nitrogens is 1. The molecule has 8 heteroatoms. The summed E-state index contributed by atoms with van der Waals surface area (Å²) in [5, 5.41) is 3.82. The van der Waals surface area contributed by atoms with E-state index in [1.54, 1.807) is 24.3 Å². The van der Waals surface area contributed by atoms with E-state index < -0.39 is 11.4 Å². The van der Waals surface area contributed by atoms with Crippen LogP contribution in [0, 0.1) is 11.7 Å². The van der Waals surface area contributed by atoms with Crippen molar-refractivity contribution < 1.29 is 4.39 Å². The van der Waals surface area contributed by atoms with Crippen LogP contribution in [0.25, 0.3) is 22.8 Å². The molecule has 0 bridgehead atoms. The maximum atomic E-state index is 15.1. The number of pyridine rings is 1. The quantitative estimate of drug-likeness (QED) is 0.606. The molecule has 2 aromatic heterocycles. The molecule has 2 N–H and O–H groups in total. The highest BCUT2D eigenvalue weighted by Crippen LogP contribution is 2.31. The Morgan fingerprint density at radius 3 is 2.64 bits per heavy atom. The van der Waals surface area contributed by atoms with Crippen molar-refractivity contribution in [2.45, 2.75) is 20.4 Å². The average molecular weight is 421 g/mol. The van der Waals surface area contributed by atoms with Crippen molar-refractivity contribution in [3.05, 3.63) is 68.3 Å².